The van der Waals surface area contributed by atoms with Crippen LogP contribution in [0, 0.1) is 0 Å². The SMILES string of the molecule is CCCOc1cccc(CCNC(=NC)NC2CC2)c1. The van der Waals surface area contributed by atoms with Crippen LogP contribution in [0.15, 0.2) is 29.3 Å². The van der Waals surface area contributed by atoms with Gasteiger partial charge in [0.1, 0.15) is 5.75 Å². The predicted octanol–water partition coefficient (Wildman–Crippen LogP) is 2.35. The van der Waals surface area contributed by atoms with Gasteiger partial charge in [0.05, 0.1) is 6.61 Å². The summed E-state index contributed by atoms with van der Waals surface area (Å²) in [5.41, 5.74) is 1.29. The van der Waals surface area contributed by atoms with Crippen LogP contribution in [-0.2, 0) is 6.42 Å². The fourth-order valence-electron chi connectivity index (χ4n) is 1.95. The fourth-order valence-corrected chi connectivity index (χ4v) is 1.95. The van der Waals surface area contributed by atoms with E-state index in [4.69, 9.17) is 4.74 Å². The zero-order chi connectivity index (χ0) is 14.2. The molecule has 2 N–H and O–H groups in total. The number of nitrogens with zero attached hydrogens (tertiary/aromatic N) is 1. The Morgan fingerprint density at radius 2 is 2.25 bits per heavy atom. The summed E-state index contributed by atoms with van der Waals surface area (Å²) >= 11 is 0. The summed E-state index contributed by atoms with van der Waals surface area (Å²) in [6.45, 7) is 3.77. The minimum atomic E-state index is 0.631. The molecule has 0 aromatic heterocycles. The average molecular weight is 275 g/mol. The van der Waals surface area contributed by atoms with Crippen molar-refractivity contribution < 1.29 is 4.74 Å². The van der Waals surface area contributed by atoms with Crippen LogP contribution >= 0.6 is 0 Å². The van der Waals surface area contributed by atoms with Crippen molar-refractivity contribution in [1.82, 2.24) is 10.6 Å². The fraction of sp³-hybridized carbons (Fsp3) is 0.562. The van der Waals surface area contributed by atoms with E-state index in [-0.39, 0.29) is 0 Å². The van der Waals surface area contributed by atoms with Crippen molar-refractivity contribution in [3.8, 4) is 5.75 Å². The van der Waals surface area contributed by atoms with Crippen molar-refractivity contribution in [2.75, 3.05) is 20.2 Å². The lowest BCUT2D eigenvalue weighted by Crippen LogP contribution is -2.39. The summed E-state index contributed by atoms with van der Waals surface area (Å²) in [4.78, 5) is 4.23. The normalized spacial score (nSPS) is 15.0. The smallest absolute Gasteiger partial charge is 0.191 e. The number of guanidine groups is 1. The molecule has 110 valence electrons. The van der Waals surface area contributed by atoms with E-state index in [1.807, 2.05) is 13.1 Å². The van der Waals surface area contributed by atoms with Crippen LogP contribution in [0.1, 0.15) is 31.7 Å². The summed E-state index contributed by atoms with van der Waals surface area (Å²) < 4.78 is 5.65. The van der Waals surface area contributed by atoms with Gasteiger partial charge in [0.25, 0.3) is 0 Å². The van der Waals surface area contributed by atoms with E-state index in [0.717, 1.165) is 37.7 Å². The Bertz CT molecular complexity index is 441. The van der Waals surface area contributed by atoms with Gasteiger partial charge in [-0.2, -0.15) is 0 Å². The molecule has 1 saturated carbocycles. The number of benzene rings is 1. The monoisotopic (exact) mass is 275 g/mol. The molecule has 2 rings (SSSR count). The molecule has 1 aliphatic rings. The molecule has 0 aliphatic heterocycles. The third kappa shape index (κ3) is 5.11. The zero-order valence-electron chi connectivity index (χ0n) is 12.5. The predicted molar refractivity (Wildman–Crippen MR) is 83.5 cm³/mol. The molecule has 20 heavy (non-hydrogen) atoms. The zero-order valence-corrected chi connectivity index (χ0v) is 12.5. The highest BCUT2D eigenvalue weighted by molar-refractivity contribution is 5.80. The second-order valence-electron chi connectivity index (χ2n) is 5.16. The van der Waals surface area contributed by atoms with Gasteiger partial charge in [-0.15, -0.1) is 0 Å². The summed E-state index contributed by atoms with van der Waals surface area (Å²) in [6.07, 6.45) is 4.53. The third-order valence-electron chi connectivity index (χ3n) is 3.22. The average Bonchev–Trinajstić information content (AvgIpc) is 3.28. The molecular weight excluding hydrogens is 250 g/mol. The first kappa shape index (κ1) is 14.7. The molecule has 1 aromatic carbocycles. The molecular formula is C16H25N3O. The molecule has 0 unspecified atom stereocenters. The minimum Gasteiger partial charge on any atom is -0.494 e. The van der Waals surface area contributed by atoms with Gasteiger partial charge < -0.3 is 15.4 Å². The molecule has 4 nitrogen and oxygen atoms in total. The second kappa shape index (κ2) is 7.78. The highest BCUT2D eigenvalue weighted by Gasteiger charge is 2.21. The van der Waals surface area contributed by atoms with Crippen molar-refractivity contribution in [2.24, 2.45) is 4.99 Å². The number of aliphatic imine (C=N–C) groups is 1. The Morgan fingerprint density at radius 3 is 2.95 bits per heavy atom. The standard InChI is InChI=1S/C16H25N3O/c1-3-11-20-15-6-4-5-13(12-15)9-10-18-16(17-2)19-14-7-8-14/h4-6,12,14H,3,7-11H2,1-2H3,(H2,17,18,19). The van der Waals surface area contributed by atoms with E-state index in [1.165, 1.54) is 18.4 Å². The Labute approximate surface area is 121 Å². The highest BCUT2D eigenvalue weighted by atomic mass is 16.5. The van der Waals surface area contributed by atoms with Gasteiger partial charge in [0.2, 0.25) is 0 Å². The Balaban J connectivity index is 1.74. The Morgan fingerprint density at radius 1 is 1.40 bits per heavy atom. The van der Waals surface area contributed by atoms with E-state index < -0.39 is 0 Å². The first-order valence-electron chi connectivity index (χ1n) is 7.50. The van der Waals surface area contributed by atoms with E-state index in [0.29, 0.717) is 6.04 Å². The molecule has 1 aliphatic carbocycles. The molecule has 1 fully saturated rings. The van der Waals surface area contributed by atoms with Crippen LogP contribution in [0.2, 0.25) is 0 Å². The van der Waals surface area contributed by atoms with Gasteiger partial charge in [0, 0.05) is 19.6 Å². The first-order valence-corrected chi connectivity index (χ1v) is 7.50. The van der Waals surface area contributed by atoms with Crippen LogP contribution in [-0.4, -0.2) is 32.2 Å². The van der Waals surface area contributed by atoms with E-state index in [2.05, 4.69) is 40.7 Å². The summed E-state index contributed by atoms with van der Waals surface area (Å²) in [5.74, 6) is 1.87. The molecule has 0 radical (unpaired) electrons. The molecule has 0 spiro atoms. The lowest BCUT2D eigenvalue weighted by atomic mass is 10.1. The molecule has 0 bridgehead atoms. The molecule has 1 aromatic rings. The van der Waals surface area contributed by atoms with Crippen LogP contribution in [0.3, 0.4) is 0 Å². The van der Waals surface area contributed by atoms with E-state index >= 15 is 0 Å². The number of ether oxygens (including phenoxy) is 1. The largest absolute Gasteiger partial charge is 0.494 e. The minimum absolute atomic E-state index is 0.631. The quantitative estimate of drug-likeness (QED) is 0.593. The van der Waals surface area contributed by atoms with E-state index in [9.17, 15) is 0 Å². The maximum atomic E-state index is 5.65. The molecule has 0 heterocycles. The summed E-state index contributed by atoms with van der Waals surface area (Å²) in [7, 11) is 1.82. The summed E-state index contributed by atoms with van der Waals surface area (Å²) in [5, 5.41) is 6.73. The summed E-state index contributed by atoms with van der Waals surface area (Å²) in [6, 6.07) is 8.95. The number of rotatable bonds is 7. The Hall–Kier alpha value is -1.71. The van der Waals surface area contributed by atoms with E-state index in [1.54, 1.807) is 0 Å². The number of nitrogens with one attached hydrogen (secondary N) is 2. The topological polar surface area (TPSA) is 45.6 Å². The van der Waals surface area contributed by atoms with Crippen molar-refractivity contribution >= 4 is 5.96 Å². The van der Waals surface area contributed by atoms with Crippen molar-refractivity contribution in [3.05, 3.63) is 29.8 Å². The molecule has 4 heteroatoms. The molecule has 0 atom stereocenters. The number of hydrogen-bond donors (Lipinski definition) is 2. The maximum Gasteiger partial charge on any atom is 0.191 e. The van der Waals surface area contributed by atoms with Gasteiger partial charge in [-0.1, -0.05) is 19.1 Å². The van der Waals surface area contributed by atoms with Gasteiger partial charge in [0.15, 0.2) is 5.96 Å². The van der Waals surface area contributed by atoms with Crippen LogP contribution in [0.4, 0.5) is 0 Å². The maximum absolute atomic E-state index is 5.65. The lowest BCUT2D eigenvalue weighted by molar-refractivity contribution is 0.317. The van der Waals surface area contributed by atoms with Crippen molar-refractivity contribution in [2.45, 2.75) is 38.6 Å². The van der Waals surface area contributed by atoms with Gasteiger partial charge in [-0.05, 0) is 43.4 Å². The van der Waals surface area contributed by atoms with Crippen LogP contribution in [0.25, 0.3) is 0 Å². The van der Waals surface area contributed by atoms with Gasteiger partial charge >= 0.3 is 0 Å². The molecule has 0 amide bonds. The van der Waals surface area contributed by atoms with Crippen molar-refractivity contribution in [1.29, 1.82) is 0 Å². The van der Waals surface area contributed by atoms with Crippen LogP contribution < -0.4 is 15.4 Å². The van der Waals surface area contributed by atoms with Gasteiger partial charge in [-0.3, -0.25) is 4.99 Å². The molecule has 0 saturated heterocycles. The lowest BCUT2D eigenvalue weighted by Gasteiger charge is -2.11. The Kier molecular flexibility index (Phi) is 5.71. The van der Waals surface area contributed by atoms with Gasteiger partial charge in [-0.25, -0.2) is 0 Å². The first-order chi connectivity index (χ1) is 9.81. The second-order valence-corrected chi connectivity index (χ2v) is 5.16. The third-order valence-corrected chi connectivity index (χ3v) is 3.22. The highest BCUT2D eigenvalue weighted by Crippen LogP contribution is 2.18. The van der Waals surface area contributed by atoms with Crippen molar-refractivity contribution in [3.63, 3.8) is 0 Å². The number of hydrogen-bond acceptors (Lipinski definition) is 2. The van der Waals surface area contributed by atoms with Crippen LogP contribution in [0.5, 0.6) is 5.75 Å².